The van der Waals surface area contributed by atoms with Crippen molar-refractivity contribution in [1.29, 1.82) is 0 Å². The first-order valence-corrected chi connectivity index (χ1v) is 6.93. The standard InChI is InChI=1S/C15H22N2O3/c1-2-16-15(19)20-12-6-9-14(18)17-11-10-13-7-4-3-5-8-13/h3-5,7-8H,2,6,9-12H2,1H3,(H,16,19)(H,17,18). The fourth-order valence-corrected chi connectivity index (χ4v) is 1.67. The van der Waals surface area contributed by atoms with Crippen LogP contribution >= 0.6 is 0 Å². The van der Waals surface area contributed by atoms with Crippen LogP contribution in [0, 0.1) is 0 Å². The summed E-state index contributed by atoms with van der Waals surface area (Å²) in [5.74, 6) is -0.0135. The van der Waals surface area contributed by atoms with Crippen LogP contribution in [0.4, 0.5) is 4.79 Å². The lowest BCUT2D eigenvalue weighted by atomic mass is 10.1. The predicted molar refractivity (Wildman–Crippen MR) is 77.4 cm³/mol. The molecule has 0 saturated carbocycles. The van der Waals surface area contributed by atoms with Crippen LogP contribution in [-0.4, -0.2) is 31.7 Å². The summed E-state index contributed by atoms with van der Waals surface area (Å²) in [4.78, 5) is 22.5. The maximum Gasteiger partial charge on any atom is 0.407 e. The molecule has 0 aliphatic heterocycles. The third-order valence-corrected chi connectivity index (χ3v) is 2.68. The van der Waals surface area contributed by atoms with Gasteiger partial charge in [-0.3, -0.25) is 4.79 Å². The minimum atomic E-state index is -0.433. The molecule has 20 heavy (non-hydrogen) atoms. The fourth-order valence-electron chi connectivity index (χ4n) is 1.67. The van der Waals surface area contributed by atoms with Crippen LogP contribution in [-0.2, 0) is 16.0 Å². The van der Waals surface area contributed by atoms with E-state index in [1.54, 1.807) is 0 Å². The number of nitrogens with one attached hydrogen (secondary N) is 2. The SMILES string of the molecule is CCNC(=O)OCCCC(=O)NCCc1ccccc1. The Kier molecular flexibility index (Phi) is 7.87. The zero-order valence-corrected chi connectivity index (χ0v) is 11.9. The van der Waals surface area contributed by atoms with Crippen molar-refractivity contribution in [3.8, 4) is 0 Å². The average Bonchev–Trinajstić information content (AvgIpc) is 2.45. The van der Waals surface area contributed by atoms with Gasteiger partial charge >= 0.3 is 6.09 Å². The Bertz CT molecular complexity index is 407. The molecule has 1 rings (SSSR count). The smallest absolute Gasteiger partial charge is 0.407 e. The molecule has 0 unspecified atom stereocenters. The third kappa shape index (κ3) is 7.41. The van der Waals surface area contributed by atoms with E-state index in [1.807, 2.05) is 37.3 Å². The number of hydrogen-bond acceptors (Lipinski definition) is 3. The highest BCUT2D eigenvalue weighted by Crippen LogP contribution is 1.98. The van der Waals surface area contributed by atoms with Crippen molar-refractivity contribution < 1.29 is 14.3 Å². The maximum absolute atomic E-state index is 11.5. The van der Waals surface area contributed by atoms with E-state index < -0.39 is 6.09 Å². The Morgan fingerprint density at radius 1 is 1.15 bits per heavy atom. The molecule has 0 aliphatic rings. The van der Waals surface area contributed by atoms with Gasteiger partial charge in [-0.1, -0.05) is 30.3 Å². The fraction of sp³-hybridized carbons (Fsp3) is 0.467. The molecule has 0 bridgehead atoms. The van der Waals surface area contributed by atoms with E-state index in [4.69, 9.17) is 4.74 Å². The number of carbonyl (C=O) groups excluding carboxylic acids is 2. The van der Waals surface area contributed by atoms with Gasteiger partial charge in [-0.05, 0) is 25.3 Å². The van der Waals surface area contributed by atoms with Gasteiger partial charge in [0.1, 0.15) is 0 Å². The van der Waals surface area contributed by atoms with Crippen molar-refractivity contribution in [2.24, 2.45) is 0 Å². The first-order chi connectivity index (χ1) is 9.72. The van der Waals surface area contributed by atoms with Gasteiger partial charge in [0, 0.05) is 19.5 Å². The molecule has 0 aliphatic carbocycles. The molecule has 0 spiro atoms. The molecule has 0 aromatic heterocycles. The van der Waals surface area contributed by atoms with Crippen molar-refractivity contribution in [2.75, 3.05) is 19.7 Å². The summed E-state index contributed by atoms with van der Waals surface area (Å²) in [7, 11) is 0. The van der Waals surface area contributed by atoms with Crippen LogP contribution < -0.4 is 10.6 Å². The lowest BCUT2D eigenvalue weighted by Gasteiger charge is -2.06. The highest BCUT2D eigenvalue weighted by Gasteiger charge is 2.03. The minimum Gasteiger partial charge on any atom is -0.450 e. The predicted octanol–water partition coefficient (Wildman–Crippen LogP) is 1.87. The van der Waals surface area contributed by atoms with Crippen molar-refractivity contribution in [2.45, 2.75) is 26.2 Å². The Morgan fingerprint density at radius 3 is 2.60 bits per heavy atom. The van der Waals surface area contributed by atoms with Crippen LogP contribution in [0.2, 0.25) is 0 Å². The molecule has 5 nitrogen and oxygen atoms in total. The largest absolute Gasteiger partial charge is 0.450 e. The summed E-state index contributed by atoms with van der Waals surface area (Å²) >= 11 is 0. The number of carbonyl (C=O) groups is 2. The molecular formula is C15H22N2O3. The van der Waals surface area contributed by atoms with E-state index in [0.29, 0.717) is 25.9 Å². The van der Waals surface area contributed by atoms with Gasteiger partial charge in [0.2, 0.25) is 5.91 Å². The molecule has 2 N–H and O–H groups in total. The van der Waals surface area contributed by atoms with Crippen LogP contribution in [0.3, 0.4) is 0 Å². The summed E-state index contributed by atoms with van der Waals surface area (Å²) in [6, 6.07) is 10.0. The van der Waals surface area contributed by atoms with E-state index in [-0.39, 0.29) is 12.5 Å². The van der Waals surface area contributed by atoms with E-state index in [0.717, 1.165) is 6.42 Å². The van der Waals surface area contributed by atoms with Crippen molar-refractivity contribution in [3.63, 3.8) is 0 Å². The Labute approximate surface area is 119 Å². The number of benzene rings is 1. The van der Waals surface area contributed by atoms with Crippen LogP contribution in [0.25, 0.3) is 0 Å². The Balaban J connectivity index is 2.02. The van der Waals surface area contributed by atoms with E-state index in [9.17, 15) is 9.59 Å². The molecule has 0 fully saturated rings. The lowest BCUT2D eigenvalue weighted by molar-refractivity contribution is -0.121. The summed E-state index contributed by atoms with van der Waals surface area (Å²) in [5.41, 5.74) is 1.20. The lowest BCUT2D eigenvalue weighted by Crippen LogP contribution is -2.27. The summed E-state index contributed by atoms with van der Waals surface area (Å²) in [5, 5.41) is 5.37. The maximum atomic E-state index is 11.5. The van der Waals surface area contributed by atoms with E-state index in [2.05, 4.69) is 10.6 Å². The highest BCUT2D eigenvalue weighted by molar-refractivity contribution is 5.75. The first-order valence-electron chi connectivity index (χ1n) is 6.93. The molecule has 2 amide bonds. The normalized spacial score (nSPS) is 9.85. The molecule has 0 heterocycles. The summed E-state index contributed by atoms with van der Waals surface area (Å²) in [6.45, 7) is 3.25. The monoisotopic (exact) mass is 278 g/mol. The highest BCUT2D eigenvalue weighted by atomic mass is 16.5. The average molecular weight is 278 g/mol. The molecule has 1 aromatic rings. The van der Waals surface area contributed by atoms with Gasteiger partial charge in [0.15, 0.2) is 0 Å². The van der Waals surface area contributed by atoms with Crippen LogP contribution in [0.5, 0.6) is 0 Å². The second-order valence-electron chi connectivity index (χ2n) is 4.36. The molecule has 5 heteroatoms. The number of hydrogen-bond donors (Lipinski definition) is 2. The van der Waals surface area contributed by atoms with Gasteiger partial charge in [-0.2, -0.15) is 0 Å². The van der Waals surface area contributed by atoms with Crippen LogP contribution in [0.1, 0.15) is 25.3 Å². The number of ether oxygens (including phenoxy) is 1. The van der Waals surface area contributed by atoms with Gasteiger partial charge in [-0.25, -0.2) is 4.79 Å². The zero-order chi connectivity index (χ0) is 14.6. The van der Waals surface area contributed by atoms with E-state index >= 15 is 0 Å². The van der Waals surface area contributed by atoms with Gasteiger partial charge < -0.3 is 15.4 Å². The number of rotatable bonds is 8. The quantitative estimate of drug-likeness (QED) is 0.713. The topological polar surface area (TPSA) is 67.4 Å². The third-order valence-electron chi connectivity index (χ3n) is 2.68. The summed E-state index contributed by atoms with van der Waals surface area (Å²) < 4.78 is 4.88. The first kappa shape index (κ1) is 16.0. The second kappa shape index (κ2) is 9.83. The Morgan fingerprint density at radius 2 is 1.90 bits per heavy atom. The molecular weight excluding hydrogens is 256 g/mol. The minimum absolute atomic E-state index is 0.0135. The summed E-state index contributed by atoms with van der Waals surface area (Å²) in [6.07, 6.45) is 1.29. The second-order valence-corrected chi connectivity index (χ2v) is 4.36. The number of alkyl carbamates (subject to hydrolysis) is 1. The van der Waals surface area contributed by atoms with Crippen molar-refractivity contribution >= 4 is 12.0 Å². The van der Waals surface area contributed by atoms with Gasteiger partial charge in [0.25, 0.3) is 0 Å². The van der Waals surface area contributed by atoms with Gasteiger partial charge in [-0.15, -0.1) is 0 Å². The van der Waals surface area contributed by atoms with E-state index in [1.165, 1.54) is 5.56 Å². The molecule has 0 saturated heterocycles. The van der Waals surface area contributed by atoms with Gasteiger partial charge in [0.05, 0.1) is 6.61 Å². The molecule has 0 atom stereocenters. The van der Waals surface area contributed by atoms with Crippen molar-refractivity contribution in [1.82, 2.24) is 10.6 Å². The molecule has 110 valence electrons. The van der Waals surface area contributed by atoms with Crippen LogP contribution in [0.15, 0.2) is 30.3 Å². The Hall–Kier alpha value is -2.04. The molecule has 1 aromatic carbocycles. The van der Waals surface area contributed by atoms with Crippen molar-refractivity contribution in [3.05, 3.63) is 35.9 Å². The molecule has 0 radical (unpaired) electrons. The number of amides is 2. The zero-order valence-electron chi connectivity index (χ0n) is 11.9.